The number of aromatic hydroxyl groups is 1. The number of benzene rings is 1. The summed E-state index contributed by atoms with van der Waals surface area (Å²) in [7, 11) is 0. The first-order valence-corrected chi connectivity index (χ1v) is 7.12. The zero-order valence-corrected chi connectivity index (χ0v) is 12.5. The summed E-state index contributed by atoms with van der Waals surface area (Å²) in [4.78, 5) is 16.0. The monoisotopic (exact) mass is 304 g/mol. The van der Waals surface area contributed by atoms with Gasteiger partial charge in [0, 0.05) is 18.4 Å². The van der Waals surface area contributed by atoms with Crippen LogP contribution in [0.2, 0.25) is 5.02 Å². The molecular weight excluding hydrogens is 288 g/mol. The number of nitrogens with zero attached hydrogens (tertiary/aromatic N) is 1. The van der Waals surface area contributed by atoms with Crippen LogP contribution in [0.1, 0.15) is 29.3 Å². The molecule has 0 saturated carbocycles. The minimum atomic E-state index is -0.216. The highest BCUT2D eigenvalue weighted by Gasteiger charge is 2.13. The van der Waals surface area contributed by atoms with E-state index in [4.69, 9.17) is 11.6 Å². The van der Waals surface area contributed by atoms with Gasteiger partial charge in [-0.05, 0) is 43.5 Å². The second kappa shape index (κ2) is 7.09. The molecule has 1 amide bonds. The van der Waals surface area contributed by atoms with Crippen LogP contribution in [0.3, 0.4) is 0 Å². The van der Waals surface area contributed by atoms with Gasteiger partial charge in [-0.2, -0.15) is 0 Å². The number of amides is 1. The van der Waals surface area contributed by atoms with E-state index < -0.39 is 0 Å². The first kappa shape index (κ1) is 15.3. The molecule has 4 nitrogen and oxygen atoms in total. The van der Waals surface area contributed by atoms with Crippen LogP contribution < -0.4 is 5.32 Å². The van der Waals surface area contributed by atoms with Gasteiger partial charge in [-0.15, -0.1) is 0 Å². The summed E-state index contributed by atoms with van der Waals surface area (Å²) in [6.07, 6.45) is 4.63. The molecule has 1 atom stereocenters. The fourth-order valence-corrected chi connectivity index (χ4v) is 2.16. The van der Waals surface area contributed by atoms with Gasteiger partial charge in [0.2, 0.25) is 0 Å². The Morgan fingerprint density at radius 3 is 2.71 bits per heavy atom. The van der Waals surface area contributed by atoms with E-state index in [0.29, 0.717) is 10.6 Å². The van der Waals surface area contributed by atoms with Gasteiger partial charge in [0.15, 0.2) is 0 Å². The third-order valence-electron chi connectivity index (χ3n) is 3.19. The highest BCUT2D eigenvalue weighted by molar-refractivity contribution is 6.33. The summed E-state index contributed by atoms with van der Waals surface area (Å²) in [6.45, 7) is 1.95. The maximum Gasteiger partial charge on any atom is 0.254 e. The molecule has 1 unspecified atom stereocenters. The Kier molecular flexibility index (Phi) is 5.17. The molecule has 0 aliphatic heterocycles. The van der Waals surface area contributed by atoms with Crippen molar-refractivity contribution in [2.24, 2.45) is 0 Å². The molecule has 0 radical (unpaired) electrons. The number of aryl methyl sites for hydroxylation is 1. The van der Waals surface area contributed by atoms with Gasteiger partial charge in [-0.3, -0.25) is 9.78 Å². The van der Waals surface area contributed by atoms with Crippen molar-refractivity contribution < 1.29 is 9.90 Å². The van der Waals surface area contributed by atoms with E-state index in [2.05, 4.69) is 10.3 Å². The fraction of sp³-hybridized carbons (Fsp3) is 0.250. The average molecular weight is 305 g/mol. The lowest BCUT2D eigenvalue weighted by atomic mass is 10.1. The smallest absolute Gasteiger partial charge is 0.254 e. The molecule has 0 spiro atoms. The van der Waals surface area contributed by atoms with Gasteiger partial charge in [0.25, 0.3) is 5.91 Å². The standard InChI is InChI=1S/C16H17ClN2O2/c1-11(2-3-12-4-6-13(20)7-5-12)19-16(21)14-10-18-9-8-15(14)17/h4-11,20H,2-3H2,1H3,(H,19,21). The molecule has 2 N–H and O–H groups in total. The maximum atomic E-state index is 12.1. The van der Waals surface area contributed by atoms with Crippen LogP contribution in [0, 0.1) is 0 Å². The number of halogens is 1. The van der Waals surface area contributed by atoms with E-state index in [0.717, 1.165) is 18.4 Å². The zero-order chi connectivity index (χ0) is 15.2. The van der Waals surface area contributed by atoms with Crippen molar-refractivity contribution in [3.63, 3.8) is 0 Å². The summed E-state index contributed by atoms with van der Waals surface area (Å²) in [5.41, 5.74) is 1.50. The van der Waals surface area contributed by atoms with Crippen molar-refractivity contribution in [2.45, 2.75) is 25.8 Å². The maximum absolute atomic E-state index is 12.1. The summed E-state index contributed by atoms with van der Waals surface area (Å²) in [6, 6.07) is 8.69. The van der Waals surface area contributed by atoms with Gasteiger partial charge >= 0.3 is 0 Å². The molecule has 0 aliphatic carbocycles. The Morgan fingerprint density at radius 1 is 1.33 bits per heavy atom. The minimum Gasteiger partial charge on any atom is -0.508 e. The van der Waals surface area contributed by atoms with E-state index >= 15 is 0 Å². The number of carbonyl (C=O) groups excluding carboxylic acids is 1. The van der Waals surface area contributed by atoms with E-state index in [-0.39, 0.29) is 17.7 Å². The van der Waals surface area contributed by atoms with E-state index in [1.807, 2.05) is 19.1 Å². The van der Waals surface area contributed by atoms with E-state index in [1.54, 1.807) is 24.4 Å². The Morgan fingerprint density at radius 2 is 2.05 bits per heavy atom. The lowest BCUT2D eigenvalue weighted by Gasteiger charge is -2.14. The third-order valence-corrected chi connectivity index (χ3v) is 3.52. The third kappa shape index (κ3) is 4.46. The number of pyridine rings is 1. The topological polar surface area (TPSA) is 62.2 Å². The van der Waals surface area contributed by atoms with Crippen molar-refractivity contribution in [3.8, 4) is 5.75 Å². The van der Waals surface area contributed by atoms with Crippen LogP contribution in [-0.2, 0) is 6.42 Å². The summed E-state index contributed by atoms with van der Waals surface area (Å²) >= 11 is 5.97. The molecule has 0 aliphatic rings. The number of hydrogen-bond acceptors (Lipinski definition) is 3. The highest BCUT2D eigenvalue weighted by Crippen LogP contribution is 2.14. The van der Waals surface area contributed by atoms with Crippen molar-refractivity contribution in [1.29, 1.82) is 0 Å². The number of phenolic OH excluding ortho intramolecular Hbond substituents is 1. The number of hydrogen-bond donors (Lipinski definition) is 2. The lowest BCUT2D eigenvalue weighted by molar-refractivity contribution is 0.0938. The van der Waals surface area contributed by atoms with Crippen LogP contribution in [-0.4, -0.2) is 22.0 Å². The van der Waals surface area contributed by atoms with E-state index in [1.165, 1.54) is 6.20 Å². The molecule has 0 fully saturated rings. The predicted molar refractivity (Wildman–Crippen MR) is 82.6 cm³/mol. The average Bonchev–Trinajstić information content (AvgIpc) is 2.47. The van der Waals surface area contributed by atoms with Gasteiger partial charge in [0.1, 0.15) is 5.75 Å². The molecule has 5 heteroatoms. The van der Waals surface area contributed by atoms with Gasteiger partial charge in [-0.1, -0.05) is 23.7 Å². The van der Waals surface area contributed by atoms with Crippen molar-refractivity contribution in [3.05, 3.63) is 58.9 Å². The van der Waals surface area contributed by atoms with Crippen molar-refractivity contribution in [1.82, 2.24) is 10.3 Å². The zero-order valence-electron chi connectivity index (χ0n) is 11.7. The molecule has 1 aromatic carbocycles. The lowest BCUT2D eigenvalue weighted by Crippen LogP contribution is -2.33. The molecule has 110 valence electrons. The number of carbonyl (C=O) groups is 1. The highest BCUT2D eigenvalue weighted by atomic mass is 35.5. The molecule has 1 heterocycles. The normalized spacial score (nSPS) is 11.9. The second-order valence-corrected chi connectivity index (χ2v) is 5.34. The number of nitrogens with one attached hydrogen (secondary N) is 1. The minimum absolute atomic E-state index is 0.0163. The van der Waals surface area contributed by atoms with E-state index in [9.17, 15) is 9.90 Å². The molecular formula is C16H17ClN2O2. The first-order chi connectivity index (χ1) is 10.1. The summed E-state index contributed by atoms with van der Waals surface area (Å²) in [5, 5.41) is 12.5. The quantitative estimate of drug-likeness (QED) is 0.891. The summed E-state index contributed by atoms with van der Waals surface area (Å²) < 4.78 is 0. The second-order valence-electron chi connectivity index (χ2n) is 4.94. The van der Waals surface area contributed by atoms with Crippen LogP contribution in [0.25, 0.3) is 0 Å². The predicted octanol–water partition coefficient (Wildman–Crippen LogP) is 3.19. The van der Waals surface area contributed by atoms with Gasteiger partial charge < -0.3 is 10.4 Å². The molecule has 21 heavy (non-hydrogen) atoms. The molecule has 0 saturated heterocycles. The number of rotatable bonds is 5. The van der Waals surface area contributed by atoms with Gasteiger partial charge in [0.05, 0.1) is 10.6 Å². The Labute approximate surface area is 128 Å². The first-order valence-electron chi connectivity index (χ1n) is 6.74. The summed E-state index contributed by atoms with van der Waals surface area (Å²) in [5.74, 6) is 0.0395. The number of phenols is 1. The number of aromatic nitrogens is 1. The molecule has 0 bridgehead atoms. The molecule has 2 aromatic rings. The SMILES string of the molecule is CC(CCc1ccc(O)cc1)NC(=O)c1cnccc1Cl. The Bertz CT molecular complexity index is 614. The van der Waals surface area contributed by atoms with Crippen molar-refractivity contribution >= 4 is 17.5 Å². The Balaban J connectivity index is 1.87. The largest absolute Gasteiger partial charge is 0.508 e. The van der Waals surface area contributed by atoms with Crippen LogP contribution in [0.15, 0.2) is 42.7 Å². The Hall–Kier alpha value is -2.07. The van der Waals surface area contributed by atoms with Crippen LogP contribution in [0.5, 0.6) is 5.75 Å². The molecule has 2 rings (SSSR count). The van der Waals surface area contributed by atoms with Gasteiger partial charge in [-0.25, -0.2) is 0 Å². The van der Waals surface area contributed by atoms with Crippen molar-refractivity contribution in [2.75, 3.05) is 0 Å². The van der Waals surface area contributed by atoms with Crippen LogP contribution in [0.4, 0.5) is 0 Å². The van der Waals surface area contributed by atoms with Crippen LogP contribution >= 0.6 is 11.6 Å². The fourth-order valence-electron chi connectivity index (χ4n) is 1.96. The molecule has 1 aromatic heterocycles.